The third-order valence-corrected chi connectivity index (χ3v) is 3.13. The van der Waals surface area contributed by atoms with Crippen LogP contribution in [0, 0.1) is 6.92 Å². The van der Waals surface area contributed by atoms with E-state index in [1.807, 2.05) is 32.0 Å². The van der Waals surface area contributed by atoms with Gasteiger partial charge in [-0.3, -0.25) is 9.89 Å². The van der Waals surface area contributed by atoms with Gasteiger partial charge in [0.1, 0.15) is 5.82 Å². The summed E-state index contributed by atoms with van der Waals surface area (Å²) in [6.07, 6.45) is 1.77. The Morgan fingerprint density at radius 2 is 2.00 bits per heavy atom. The van der Waals surface area contributed by atoms with Crippen LogP contribution in [0.2, 0.25) is 0 Å². The monoisotopic (exact) mass is 272 g/mol. The van der Waals surface area contributed by atoms with Gasteiger partial charge in [0.25, 0.3) is 5.91 Å². The van der Waals surface area contributed by atoms with Crippen LogP contribution in [0.4, 0.5) is 0 Å². The fourth-order valence-corrected chi connectivity index (χ4v) is 1.97. The molecule has 1 heterocycles. The number of carbonyl (C=O) groups is 1. The molecule has 2 rings (SSSR count). The van der Waals surface area contributed by atoms with E-state index in [1.165, 1.54) is 5.56 Å². The molecule has 0 unspecified atom stereocenters. The van der Waals surface area contributed by atoms with E-state index < -0.39 is 0 Å². The van der Waals surface area contributed by atoms with Crippen molar-refractivity contribution in [1.29, 1.82) is 0 Å². The van der Waals surface area contributed by atoms with E-state index in [2.05, 4.69) is 32.6 Å². The van der Waals surface area contributed by atoms with Gasteiger partial charge in [0.05, 0.1) is 0 Å². The van der Waals surface area contributed by atoms with E-state index in [0.717, 1.165) is 12.8 Å². The number of rotatable bonds is 5. The molecule has 0 aliphatic carbocycles. The van der Waals surface area contributed by atoms with Gasteiger partial charge in [0, 0.05) is 5.54 Å². The number of H-pyrrole nitrogens is 1. The van der Waals surface area contributed by atoms with Gasteiger partial charge in [-0.25, -0.2) is 4.98 Å². The van der Waals surface area contributed by atoms with Crippen LogP contribution in [0.1, 0.15) is 42.3 Å². The van der Waals surface area contributed by atoms with E-state index in [4.69, 9.17) is 0 Å². The Morgan fingerprint density at radius 1 is 1.30 bits per heavy atom. The zero-order valence-corrected chi connectivity index (χ0v) is 12.1. The summed E-state index contributed by atoms with van der Waals surface area (Å²) in [5, 5.41) is 9.51. The maximum Gasteiger partial charge on any atom is 0.291 e. The molecule has 5 nitrogen and oxygen atoms in total. The number of nitrogens with zero attached hydrogens (tertiary/aromatic N) is 2. The van der Waals surface area contributed by atoms with Crippen molar-refractivity contribution in [2.75, 3.05) is 0 Å². The number of nitrogens with one attached hydrogen (secondary N) is 2. The van der Waals surface area contributed by atoms with Gasteiger partial charge in [0.2, 0.25) is 5.82 Å². The van der Waals surface area contributed by atoms with Crippen molar-refractivity contribution in [1.82, 2.24) is 20.5 Å². The predicted molar refractivity (Wildman–Crippen MR) is 77.4 cm³/mol. The lowest BCUT2D eigenvalue weighted by Crippen LogP contribution is -2.44. The molecule has 0 aliphatic rings. The largest absolute Gasteiger partial charge is 0.344 e. The van der Waals surface area contributed by atoms with Crippen LogP contribution >= 0.6 is 0 Å². The van der Waals surface area contributed by atoms with Crippen molar-refractivity contribution in [3.8, 4) is 0 Å². The molecule has 0 atom stereocenters. The normalized spacial score (nSPS) is 11.3. The van der Waals surface area contributed by atoms with Crippen molar-refractivity contribution in [2.45, 2.75) is 39.2 Å². The second-order valence-electron chi connectivity index (χ2n) is 5.57. The van der Waals surface area contributed by atoms with Crippen LogP contribution < -0.4 is 5.32 Å². The second-order valence-corrected chi connectivity index (χ2v) is 5.57. The number of aromatic nitrogens is 3. The fraction of sp³-hybridized carbons (Fsp3) is 0.400. The van der Waals surface area contributed by atoms with Crippen molar-refractivity contribution >= 4 is 5.91 Å². The number of aryl methyl sites for hydroxylation is 2. The molecule has 0 fully saturated rings. The van der Waals surface area contributed by atoms with Crippen molar-refractivity contribution < 1.29 is 4.79 Å². The molecule has 0 radical (unpaired) electrons. The average Bonchev–Trinajstić information content (AvgIpc) is 2.84. The van der Waals surface area contributed by atoms with Gasteiger partial charge in [0.15, 0.2) is 0 Å². The predicted octanol–water partition coefficient (Wildman–Crippen LogP) is 2.25. The number of benzene rings is 1. The molecular formula is C15H20N4O. The molecular weight excluding hydrogens is 252 g/mol. The van der Waals surface area contributed by atoms with Crippen molar-refractivity contribution in [3.63, 3.8) is 0 Å². The number of hydrogen-bond donors (Lipinski definition) is 2. The number of amides is 1. The smallest absolute Gasteiger partial charge is 0.291 e. The first-order chi connectivity index (χ1) is 9.46. The Kier molecular flexibility index (Phi) is 4.17. The molecule has 0 spiro atoms. The number of carbonyl (C=O) groups excluding carboxylic acids is 1. The van der Waals surface area contributed by atoms with Gasteiger partial charge in [-0.15, -0.1) is 5.10 Å². The SMILES string of the molecule is Cc1nc(C(=O)NC(C)(C)CCc2ccccc2)n[nH]1. The minimum Gasteiger partial charge on any atom is -0.344 e. The fourth-order valence-electron chi connectivity index (χ4n) is 1.97. The molecule has 2 aromatic rings. The Bertz CT molecular complexity index is 575. The van der Waals surface area contributed by atoms with Crippen LogP contribution in [0.5, 0.6) is 0 Å². The Morgan fingerprint density at radius 3 is 2.60 bits per heavy atom. The molecule has 0 saturated heterocycles. The zero-order chi connectivity index (χ0) is 14.6. The molecule has 106 valence electrons. The summed E-state index contributed by atoms with van der Waals surface area (Å²) in [6, 6.07) is 10.2. The highest BCUT2D eigenvalue weighted by atomic mass is 16.2. The van der Waals surface area contributed by atoms with Crippen LogP contribution in [0.25, 0.3) is 0 Å². The summed E-state index contributed by atoms with van der Waals surface area (Å²) < 4.78 is 0. The summed E-state index contributed by atoms with van der Waals surface area (Å²) >= 11 is 0. The molecule has 5 heteroatoms. The highest BCUT2D eigenvalue weighted by Crippen LogP contribution is 2.14. The summed E-state index contributed by atoms with van der Waals surface area (Å²) in [5.74, 6) is 0.583. The first-order valence-electron chi connectivity index (χ1n) is 6.72. The first kappa shape index (κ1) is 14.2. The lowest BCUT2D eigenvalue weighted by Gasteiger charge is -2.25. The van der Waals surface area contributed by atoms with E-state index in [0.29, 0.717) is 5.82 Å². The Balaban J connectivity index is 1.92. The summed E-state index contributed by atoms with van der Waals surface area (Å²) in [4.78, 5) is 16.1. The maximum absolute atomic E-state index is 12.0. The lowest BCUT2D eigenvalue weighted by molar-refractivity contribution is 0.0899. The molecule has 0 aliphatic heterocycles. The van der Waals surface area contributed by atoms with Crippen LogP contribution in [-0.4, -0.2) is 26.6 Å². The summed E-state index contributed by atoms with van der Waals surface area (Å²) in [6.45, 7) is 5.78. The summed E-state index contributed by atoms with van der Waals surface area (Å²) in [5.41, 5.74) is 0.963. The molecule has 0 saturated carbocycles. The molecule has 20 heavy (non-hydrogen) atoms. The van der Waals surface area contributed by atoms with Crippen molar-refractivity contribution in [2.24, 2.45) is 0 Å². The van der Waals surface area contributed by atoms with Gasteiger partial charge < -0.3 is 5.32 Å². The molecule has 1 aromatic heterocycles. The molecule has 1 amide bonds. The summed E-state index contributed by atoms with van der Waals surface area (Å²) in [7, 11) is 0. The molecule has 2 N–H and O–H groups in total. The van der Waals surface area contributed by atoms with Gasteiger partial charge in [-0.2, -0.15) is 0 Å². The van der Waals surface area contributed by atoms with Gasteiger partial charge in [-0.05, 0) is 39.2 Å². The molecule has 0 bridgehead atoms. The minimum absolute atomic E-state index is 0.190. The van der Waals surface area contributed by atoms with E-state index in [-0.39, 0.29) is 17.3 Å². The third kappa shape index (κ3) is 3.91. The van der Waals surface area contributed by atoms with Crippen molar-refractivity contribution in [3.05, 3.63) is 47.5 Å². The standard InChI is InChI=1S/C15H20N4O/c1-11-16-13(19-18-11)14(20)17-15(2,3)10-9-12-7-5-4-6-8-12/h4-8H,9-10H2,1-3H3,(H,17,20)(H,16,18,19). The quantitative estimate of drug-likeness (QED) is 0.877. The molecule has 1 aromatic carbocycles. The topological polar surface area (TPSA) is 70.7 Å². The average molecular weight is 272 g/mol. The Labute approximate surface area is 118 Å². The first-order valence-corrected chi connectivity index (χ1v) is 6.72. The highest BCUT2D eigenvalue weighted by molar-refractivity contribution is 5.90. The van der Waals surface area contributed by atoms with E-state index in [1.54, 1.807) is 6.92 Å². The van der Waals surface area contributed by atoms with Crippen LogP contribution in [-0.2, 0) is 6.42 Å². The zero-order valence-electron chi connectivity index (χ0n) is 12.1. The minimum atomic E-state index is -0.304. The highest BCUT2D eigenvalue weighted by Gasteiger charge is 2.23. The number of hydrogen-bond acceptors (Lipinski definition) is 3. The van der Waals surface area contributed by atoms with E-state index in [9.17, 15) is 4.79 Å². The van der Waals surface area contributed by atoms with Gasteiger partial charge >= 0.3 is 0 Å². The lowest BCUT2D eigenvalue weighted by atomic mass is 9.95. The number of aromatic amines is 1. The van der Waals surface area contributed by atoms with Crippen LogP contribution in [0.15, 0.2) is 30.3 Å². The van der Waals surface area contributed by atoms with Crippen LogP contribution in [0.3, 0.4) is 0 Å². The second kappa shape index (κ2) is 5.86. The third-order valence-electron chi connectivity index (χ3n) is 3.13. The Hall–Kier alpha value is -2.17. The maximum atomic E-state index is 12.0. The van der Waals surface area contributed by atoms with E-state index >= 15 is 0 Å². The van der Waals surface area contributed by atoms with Gasteiger partial charge in [-0.1, -0.05) is 30.3 Å².